The van der Waals surface area contributed by atoms with Crippen molar-refractivity contribution in [3.05, 3.63) is 42.1 Å². The van der Waals surface area contributed by atoms with Crippen LogP contribution >= 0.6 is 24.8 Å². The second-order valence-electron chi connectivity index (χ2n) is 6.69. The summed E-state index contributed by atoms with van der Waals surface area (Å²) in [7, 11) is 0. The molecule has 0 spiro atoms. The number of halogens is 2. The number of fused-ring (bicyclic) bond motifs is 1. The van der Waals surface area contributed by atoms with Crippen molar-refractivity contribution in [2.45, 2.75) is 32.7 Å². The zero-order valence-electron chi connectivity index (χ0n) is 14.0. The monoisotopic (exact) mass is 369 g/mol. The summed E-state index contributed by atoms with van der Waals surface area (Å²) < 4.78 is 0. The highest BCUT2D eigenvalue weighted by Gasteiger charge is 2.32. The molecule has 1 unspecified atom stereocenters. The Bertz CT molecular complexity index is 686. The lowest BCUT2D eigenvalue weighted by Crippen LogP contribution is -2.52. The molecule has 2 aromatic rings. The number of amides is 1. The molecule has 24 heavy (non-hydrogen) atoms. The molecule has 0 aliphatic carbocycles. The van der Waals surface area contributed by atoms with E-state index < -0.39 is 0 Å². The van der Waals surface area contributed by atoms with Crippen LogP contribution in [0.15, 0.2) is 36.5 Å². The molecule has 1 fully saturated rings. The molecule has 1 aliphatic rings. The number of hydrogen-bond donors (Lipinski definition) is 2. The van der Waals surface area contributed by atoms with Crippen LogP contribution in [0.25, 0.3) is 10.9 Å². The Morgan fingerprint density at radius 2 is 2.04 bits per heavy atom. The van der Waals surface area contributed by atoms with Gasteiger partial charge < -0.3 is 10.6 Å². The van der Waals surface area contributed by atoms with E-state index in [0.29, 0.717) is 18.2 Å². The van der Waals surface area contributed by atoms with E-state index >= 15 is 0 Å². The summed E-state index contributed by atoms with van der Waals surface area (Å²) in [6.45, 7) is 6.19. The molecule has 0 saturated carbocycles. The summed E-state index contributed by atoms with van der Waals surface area (Å²) in [6.07, 6.45) is 4.12. The number of hydrogen-bond acceptors (Lipinski definition) is 3. The standard InChI is InChI=1S/C18H23N3O.2ClH/c1-18(2)9-5-11-19-15(18)12-21-17(22)14-8-3-6-13-7-4-10-20-16(13)14;;/h3-4,6-8,10,15,19H,5,9,11-12H2,1-2H3,(H,21,22);2*1H. The highest BCUT2D eigenvalue weighted by molar-refractivity contribution is 6.05. The van der Waals surface area contributed by atoms with Gasteiger partial charge in [-0.25, -0.2) is 0 Å². The van der Waals surface area contributed by atoms with Crippen LogP contribution in [0.4, 0.5) is 0 Å². The van der Waals surface area contributed by atoms with Crippen molar-refractivity contribution in [3.8, 4) is 0 Å². The van der Waals surface area contributed by atoms with Gasteiger partial charge >= 0.3 is 0 Å². The molecular weight excluding hydrogens is 345 g/mol. The lowest BCUT2D eigenvalue weighted by atomic mass is 9.77. The molecule has 1 atom stereocenters. The minimum atomic E-state index is -0.0486. The number of aromatic nitrogens is 1. The number of benzene rings is 1. The smallest absolute Gasteiger partial charge is 0.253 e. The van der Waals surface area contributed by atoms with E-state index in [2.05, 4.69) is 29.5 Å². The predicted octanol–water partition coefficient (Wildman–Crippen LogP) is 3.59. The van der Waals surface area contributed by atoms with Crippen LogP contribution in [0.5, 0.6) is 0 Å². The number of carbonyl (C=O) groups excluding carboxylic acids is 1. The van der Waals surface area contributed by atoms with Crippen LogP contribution in [0.1, 0.15) is 37.0 Å². The summed E-state index contributed by atoms with van der Waals surface area (Å²) in [5.41, 5.74) is 1.62. The van der Waals surface area contributed by atoms with Crippen LogP contribution in [-0.2, 0) is 0 Å². The molecule has 2 N–H and O–H groups in total. The van der Waals surface area contributed by atoms with Crippen LogP contribution in [-0.4, -0.2) is 30.0 Å². The topological polar surface area (TPSA) is 54.0 Å². The van der Waals surface area contributed by atoms with E-state index in [-0.39, 0.29) is 36.1 Å². The molecule has 1 aromatic heterocycles. The number of nitrogens with one attached hydrogen (secondary N) is 2. The third-order valence-electron chi connectivity index (χ3n) is 4.68. The zero-order valence-corrected chi connectivity index (χ0v) is 15.7. The van der Waals surface area contributed by atoms with E-state index in [1.54, 1.807) is 6.20 Å². The molecule has 1 aliphatic heterocycles. The molecule has 3 rings (SSSR count). The van der Waals surface area contributed by atoms with E-state index in [1.165, 1.54) is 12.8 Å². The molecule has 132 valence electrons. The summed E-state index contributed by atoms with van der Waals surface area (Å²) in [5.74, 6) is -0.0486. The first-order valence-electron chi connectivity index (χ1n) is 7.93. The Morgan fingerprint density at radius 3 is 2.79 bits per heavy atom. The fourth-order valence-corrected chi connectivity index (χ4v) is 3.20. The summed E-state index contributed by atoms with van der Waals surface area (Å²) in [6, 6.07) is 9.90. The number of pyridine rings is 1. The molecule has 4 nitrogen and oxygen atoms in total. The first-order valence-corrected chi connectivity index (χ1v) is 7.93. The minimum absolute atomic E-state index is 0. The van der Waals surface area contributed by atoms with Gasteiger partial charge in [-0.05, 0) is 36.9 Å². The van der Waals surface area contributed by atoms with Gasteiger partial charge in [0.05, 0.1) is 11.1 Å². The first-order chi connectivity index (χ1) is 10.6. The second-order valence-corrected chi connectivity index (χ2v) is 6.69. The summed E-state index contributed by atoms with van der Waals surface area (Å²) >= 11 is 0. The van der Waals surface area contributed by atoms with Crippen LogP contribution in [0, 0.1) is 5.41 Å². The third-order valence-corrected chi connectivity index (χ3v) is 4.68. The van der Waals surface area contributed by atoms with Crippen molar-refractivity contribution >= 4 is 41.6 Å². The van der Waals surface area contributed by atoms with Crippen molar-refractivity contribution in [1.82, 2.24) is 15.6 Å². The number of piperidine rings is 1. The largest absolute Gasteiger partial charge is 0.350 e. The maximum atomic E-state index is 12.5. The molecule has 2 heterocycles. The lowest BCUT2D eigenvalue weighted by molar-refractivity contribution is 0.0930. The van der Waals surface area contributed by atoms with Gasteiger partial charge in [-0.3, -0.25) is 9.78 Å². The highest BCUT2D eigenvalue weighted by Crippen LogP contribution is 2.29. The maximum absolute atomic E-state index is 12.5. The molecule has 1 aromatic carbocycles. The molecular formula is C18H25Cl2N3O. The third kappa shape index (κ3) is 4.38. The lowest BCUT2D eigenvalue weighted by Gasteiger charge is -2.39. The van der Waals surface area contributed by atoms with Crippen LogP contribution < -0.4 is 10.6 Å². The maximum Gasteiger partial charge on any atom is 0.253 e. The SMILES string of the molecule is CC1(C)CCCNC1CNC(=O)c1cccc2cccnc12.Cl.Cl. The van der Waals surface area contributed by atoms with Gasteiger partial charge in [-0.2, -0.15) is 0 Å². The molecule has 1 amide bonds. The molecule has 0 bridgehead atoms. The van der Waals surface area contributed by atoms with Gasteiger partial charge in [-0.1, -0.05) is 32.0 Å². The minimum Gasteiger partial charge on any atom is -0.350 e. The Labute approximate surface area is 155 Å². The highest BCUT2D eigenvalue weighted by atomic mass is 35.5. The normalized spacial score (nSPS) is 19.0. The van der Waals surface area contributed by atoms with Crippen molar-refractivity contribution in [3.63, 3.8) is 0 Å². The van der Waals surface area contributed by atoms with Gasteiger partial charge in [0, 0.05) is 24.2 Å². The van der Waals surface area contributed by atoms with Crippen molar-refractivity contribution in [2.24, 2.45) is 5.41 Å². The Hall–Kier alpha value is -1.36. The van der Waals surface area contributed by atoms with E-state index in [9.17, 15) is 4.79 Å². The van der Waals surface area contributed by atoms with Gasteiger partial charge in [0.25, 0.3) is 5.91 Å². The average Bonchev–Trinajstić information content (AvgIpc) is 2.52. The Balaban J connectivity index is 0.00000144. The van der Waals surface area contributed by atoms with Crippen molar-refractivity contribution in [1.29, 1.82) is 0 Å². The quantitative estimate of drug-likeness (QED) is 0.868. The Morgan fingerprint density at radius 1 is 1.29 bits per heavy atom. The van der Waals surface area contributed by atoms with Crippen molar-refractivity contribution in [2.75, 3.05) is 13.1 Å². The first kappa shape index (κ1) is 20.7. The molecule has 6 heteroatoms. The van der Waals surface area contributed by atoms with E-state index in [1.807, 2.05) is 30.3 Å². The number of nitrogens with zero attached hydrogens (tertiary/aromatic N) is 1. The van der Waals surface area contributed by atoms with Crippen molar-refractivity contribution < 1.29 is 4.79 Å². The summed E-state index contributed by atoms with van der Waals surface area (Å²) in [4.78, 5) is 16.9. The number of rotatable bonds is 3. The van der Waals surface area contributed by atoms with Crippen LogP contribution in [0.3, 0.4) is 0 Å². The van der Waals surface area contributed by atoms with Gasteiger partial charge in [-0.15, -0.1) is 24.8 Å². The van der Waals surface area contributed by atoms with E-state index in [4.69, 9.17) is 0 Å². The van der Waals surface area contributed by atoms with Gasteiger partial charge in [0.15, 0.2) is 0 Å². The van der Waals surface area contributed by atoms with Gasteiger partial charge in [0.1, 0.15) is 0 Å². The fourth-order valence-electron chi connectivity index (χ4n) is 3.20. The molecule has 0 radical (unpaired) electrons. The summed E-state index contributed by atoms with van der Waals surface area (Å²) in [5, 5.41) is 7.59. The van der Waals surface area contributed by atoms with Gasteiger partial charge in [0.2, 0.25) is 0 Å². The van der Waals surface area contributed by atoms with E-state index in [0.717, 1.165) is 17.4 Å². The number of carbonyl (C=O) groups is 1. The second kappa shape index (κ2) is 8.65. The number of para-hydroxylation sites is 1. The van der Waals surface area contributed by atoms with Crippen LogP contribution in [0.2, 0.25) is 0 Å². The fraction of sp³-hybridized carbons (Fsp3) is 0.444. The zero-order chi connectivity index (χ0) is 15.6. The Kier molecular flexibility index (Phi) is 7.46. The predicted molar refractivity (Wildman–Crippen MR) is 103 cm³/mol. The average molecular weight is 370 g/mol. The molecule has 1 saturated heterocycles.